The van der Waals surface area contributed by atoms with Crippen molar-refractivity contribution in [3.05, 3.63) is 24.3 Å². The Bertz CT molecular complexity index is 331. The van der Waals surface area contributed by atoms with Gasteiger partial charge in [0.2, 0.25) is 5.84 Å². The molecular weight excluding hydrogens is 168 g/mol. The van der Waals surface area contributed by atoms with Crippen molar-refractivity contribution in [3.8, 4) is 0 Å². The van der Waals surface area contributed by atoms with E-state index in [1.54, 1.807) is 11.9 Å². The Morgan fingerprint density at radius 1 is 1.54 bits per heavy atom. The molecule has 0 bridgehead atoms. The van der Waals surface area contributed by atoms with Crippen molar-refractivity contribution in [1.82, 2.24) is 4.90 Å². The van der Waals surface area contributed by atoms with Crippen LogP contribution in [0.15, 0.2) is 29.3 Å². The van der Waals surface area contributed by atoms with Crippen LogP contribution in [0.4, 0.5) is 0 Å². The van der Waals surface area contributed by atoms with Crippen molar-refractivity contribution in [1.29, 1.82) is 0 Å². The number of hydrogen-bond donors (Lipinski definition) is 1. The number of amidine groups is 1. The molecule has 0 spiro atoms. The second kappa shape index (κ2) is 2.73. The van der Waals surface area contributed by atoms with E-state index >= 15 is 0 Å². The predicted octanol–water partition coefficient (Wildman–Crippen LogP) is 0.278. The number of fused-ring (bicyclic) bond motifs is 1. The van der Waals surface area contributed by atoms with Crippen LogP contribution in [0.1, 0.15) is 0 Å². The first kappa shape index (κ1) is 8.04. The SMILES string of the molecule is CN1C(C(=O)O)=NC2C=CC=CC21. The van der Waals surface area contributed by atoms with Gasteiger partial charge < -0.3 is 10.0 Å². The predicted molar refractivity (Wildman–Crippen MR) is 48.7 cm³/mol. The summed E-state index contributed by atoms with van der Waals surface area (Å²) in [4.78, 5) is 16.5. The van der Waals surface area contributed by atoms with E-state index in [0.29, 0.717) is 0 Å². The van der Waals surface area contributed by atoms with Gasteiger partial charge in [-0.05, 0) is 0 Å². The molecule has 1 aliphatic carbocycles. The monoisotopic (exact) mass is 178 g/mol. The van der Waals surface area contributed by atoms with Crippen LogP contribution in [0.5, 0.6) is 0 Å². The van der Waals surface area contributed by atoms with Crippen LogP contribution in [0.2, 0.25) is 0 Å². The Hall–Kier alpha value is -1.58. The largest absolute Gasteiger partial charge is 0.475 e. The van der Waals surface area contributed by atoms with E-state index in [0.717, 1.165) is 0 Å². The zero-order valence-corrected chi connectivity index (χ0v) is 7.21. The number of nitrogens with zero attached hydrogens (tertiary/aromatic N) is 2. The average molecular weight is 178 g/mol. The molecule has 13 heavy (non-hydrogen) atoms. The molecule has 0 aromatic carbocycles. The fourth-order valence-corrected chi connectivity index (χ4v) is 1.64. The highest BCUT2D eigenvalue weighted by atomic mass is 16.4. The fraction of sp³-hybridized carbons (Fsp3) is 0.333. The summed E-state index contributed by atoms with van der Waals surface area (Å²) in [5.74, 6) is -0.815. The van der Waals surface area contributed by atoms with E-state index in [9.17, 15) is 4.79 Å². The summed E-state index contributed by atoms with van der Waals surface area (Å²) in [5.41, 5.74) is 0. The first-order chi connectivity index (χ1) is 6.20. The molecule has 2 unspecified atom stereocenters. The molecule has 0 fully saturated rings. The smallest absolute Gasteiger partial charge is 0.371 e. The number of carboxylic acids is 1. The molecule has 0 aromatic rings. The molecule has 0 radical (unpaired) electrons. The second-order valence-corrected chi connectivity index (χ2v) is 3.12. The number of aliphatic carboxylic acids is 1. The molecule has 4 nitrogen and oxygen atoms in total. The summed E-state index contributed by atoms with van der Waals surface area (Å²) in [7, 11) is 1.75. The highest BCUT2D eigenvalue weighted by Gasteiger charge is 2.34. The number of allylic oxidation sites excluding steroid dienone is 2. The molecule has 0 saturated carbocycles. The van der Waals surface area contributed by atoms with Crippen LogP contribution in [0, 0.1) is 0 Å². The lowest BCUT2D eigenvalue weighted by molar-refractivity contribution is -0.130. The van der Waals surface area contributed by atoms with Gasteiger partial charge in [-0.3, -0.25) is 4.99 Å². The van der Waals surface area contributed by atoms with Crippen LogP contribution in [0.3, 0.4) is 0 Å². The van der Waals surface area contributed by atoms with Crippen LogP contribution in [0.25, 0.3) is 0 Å². The molecule has 1 aliphatic heterocycles. The van der Waals surface area contributed by atoms with Crippen LogP contribution in [-0.4, -0.2) is 40.9 Å². The molecule has 1 heterocycles. The van der Waals surface area contributed by atoms with Crippen molar-refractivity contribution in [2.24, 2.45) is 4.99 Å². The fourth-order valence-electron chi connectivity index (χ4n) is 1.64. The van der Waals surface area contributed by atoms with Gasteiger partial charge in [0.15, 0.2) is 0 Å². The minimum absolute atomic E-state index is 0.0268. The lowest BCUT2D eigenvalue weighted by Gasteiger charge is -2.22. The van der Waals surface area contributed by atoms with E-state index in [2.05, 4.69) is 4.99 Å². The lowest BCUT2D eigenvalue weighted by atomic mass is 10.0. The van der Waals surface area contributed by atoms with Crippen molar-refractivity contribution in [2.75, 3.05) is 7.05 Å². The van der Waals surface area contributed by atoms with Gasteiger partial charge in [-0.15, -0.1) is 0 Å². The topological polar surface area (TPSA) is 52.9 Å². The standard InChI is InChI=1S/C9H10N2O2/c1-11-7-5-3-2-4-6(7)10-8(11)9(12)13/h2-7H,1H3,(H,12,13). The minimum Gasteiger partial charge on any atom is -0.475 e. The Morgan fingerprint density at radius 2 is 2.23 bits per heavy atom. The van der Waals surface area contributed by atoms with E-state index in [4.69, 9.17) is 5.11 Å². The quantitative estimate of drug-likeness (QED) is 0.627. The molecule has 0 saturated heterocycles. The summed E-state index contributed by atoms with van der Waals surface area (Å²) < 4.78 is 0. The van der Waals surface area contributed by atoms with Gasteiger partial charge in [0.05, 0.1) is 12.1 Å². The van der Waals surface area contributed by atoms with Crippen molar-refractivity contribution in [2.45, 2.75) is 12.1 Å². The van der Waals surface area contributed by atoms with Gasteiger partial charge in [-0.1, -0.05) is 24.3 Å². The van der Waals surface area contributed by atoms with Gasteiger partial charge in [0, 0.05) is 7.05 Å². The van der Waals surface area contributed by atoms with Crippen LogP contribution < -0.4 is 0 Å². The van der Waals surface area contributed by atoms with Crippen molar-refractivity contribution < 1.29 is 9.90 Å². The van der Waals surface area contributed by atoms with Gasteiger partial charge >= 0.3 is 5.97 Å². The summed E-state index contributed by atoms with van der Waals surface area (Å²) in [6.07, 6.45) is 7.68. The molecule has 0 aromatic heterocycles. The molecule has 2 aliphatic rings. The maximum absolute atomic E-state index is 10.7. The molecule has 0 amide bonds. The Labute approximate surface area is 75.9 Å². The average Bonchev–Trinajstić information content (AvgIpc) is 2.45. The molecule has 68 valence electrons. The van der Waals surface area contributed by atoms with Gasteiger partial charge in [-0.2, -0.15) is 0 Å². The number of aliphatic imine (C=N–C) groups is 1. The maximum Gasteiger partial charge on any atom is 0.371 e. The highest BCUT2D eigenvalue weighted by Crippen LogP contribution is 2.21. The number of carbonyl (C=O) groups is 1. The first-order valence-corrected chi connectivity index (χ1v) is 4.09. The zero-order chi connectivity index (χ0) is 9.42. The summed E-state index contributed by atoms with van der Waals surface area (Å²) in [6.45, 7) is 0. The van der Waals surface area contributed by atoms with Crippen molar-refractivity contribution >= 4 is 11.8 Å². The number of carboxylic acid groups (broad SMARTS) is 1. The van der Waals surface area contributed by atoms with Crippen LogP contribution >= 0.6 is 0 Å². The maximum atomic E-state index is 10.7. The normalized spacial score (nSPS) is 30.2. The Morgan fingerprint density at radius 3 is 2.85 bits per heavy atom. The lowest BCUT2D eigenvalue weighted by Crippen LogP contribution is -2.38. The van der Waals surface area contributed by atoms with E-state index in [-0.39, 0.29) is 17.9 Å². The number of likely N-dealkylation sites (N-methyl/N-ethyl adjacent to an activating group) is 1. The Kier molecular flexibility index (Phi) is 1.69. The van der Waals surface area contributed by atoms with Gasteiger partial charge in [-0.25, -0.2) is 4.79 Å². The first-order valence-electron chi connectivity index (χ1n) is 4.09. The van der Waals surface area contributed by atoms with Crippen LogP contribution in [-0.2, 0) is 4.79 Å². The number of hydrogen-bond acceptors (Lipinski definition) is 3. The summed E-state index contributed by atoms with van der Waals surface area (Å²) >= 11 is 0. The second-order valence-electron chi connectivity index (χ2n) is 3.12. The molecule has 1 N–H and O–H groups in total. The molecule has 2 rings (SSSR count). The third-order valence-corrected chi connectivity index (χ3v) is 2.32. The highest BCUT2D eigenvalue weighted by molar-refractivity contribution is 6.35. The number of rotatable bonds is 1. The zero-order valence-electron chi connectivity index (χ0n) is 7.21. The minimum atomic E-state index is -0.960. The van der Waals surface area contributed by atoms with E-state index in [1.165, 1.54) is 0 Å². The third kappa shape index (κ3) is 1.14. The van der Waals surface area contributed by atoms with Gasteiger partial charge in [0.25, 0.3) is 0 Å². The molecule has 2 atom stereocenters. The molecule has 4 heteroatoms. The molecular formula is C9H10N2O2. The van der Waals surface area contributed by atoms with E-state index < -0.39 is 5.97 Å². The summed E-state index contributed by atoms with van der Waals surface area (Å²) in [6, 6.07) is 0.0530. The summed E-state index contributed by atoms with van der Waals surface area (Å²) in [5, 5.41) is 8.81. The van der Waals surface area contributed by atoms with E-state index in [1.807, 2.05) is 24.3 Å². The van der Waals surface area contributed by atoms with Crippen molar-refractivity contribution in [3.63, 3.8) is 0 Å². The third-order valence-electron chi connectivity index (χ3n) is 2.32. The Balaban J connectivity index is 2.31. The van der Waals surface area contributed by atoms with Gasteiger partial charge in [0.1, 0.15) is 0 Å².